The first-order valence-corrected chi connectivity index (χ1v) is 10.4. The minimum absolute atomic E-state index is 0.0211. The van der Waals surface area contributed by atoms with Crippen molar-refractivity contribution in [3.05, 3.63) is 61.5 Å². The minimum atomic E-state index is 0.0211. The number of hydrogen-bond acceptors (Lipinski definition) is 4. The Morgan fingerprint density at radius 1 is 1.21 bits per heavy atom. The van der Waals surface area contributed by atoms with Crippen molar-refractivity contribution in [3.63, 3.8) is 0 Å². The molecule has 0 spiro atoms. The van der Waals surface area contributed by atoms with Gasteiger partial charge >= 0.3 is 0 Å². The second-order valence-corrected chi connectivity index (χ2v) is 8.46. The monoisotopic (exact) mass is 376 g/mol. The highest BCUT2D eigenvalue weighted by molar-refractivity contribution is 7.97. The van der Waals surface area contributed by atoms with E-state index in [4.69, 9.17) is 16.6 Å². The molecule has 6 heteroatoms. The smallest absolute Gasteiger partial charge is 0.259 e. The van der Waals surface area contributed by atoms with Crippen LogP contribution in [0.2, 0.25) is 5.02 Å². The highest BCUT2D eigenvalue weighted by atomic mass is 35.5. The third-order valence-electron chi connectivity index (χ3n) is 4.33. The zero-order valence-electron chi connectivity index (χ0n) is 13.1. The Morgan fingerprint density at radius 2 is 2.04 bits per heavy atom. The van der Waals surface area contributed by atoms with Crippen molar-refractivity contribution in [1.82, 2.24) is 9.97 Å². The Balaban J connectivity index is 1.55. The number of thioether (sulfide) groups is 1. The van der Waals surface area contributed by atoms with Crippen LogP contribution in [-0.4, -0.2) is 9.97 Å². The van der Waals surface area contributed by atoms with E-state index in [9.17, 15) is 4.79 Å². The Kier molecular flexibility index (Phi) is 4.66. The van der Waals surface area contributed by atoms with E-state index in [2.05, 4.69) is 4.98 Å². The van der Waals surface area contributed by atoms with E-state index >= 15 is 0 Å². The van der Waals surface area contributed by atoms with Gasteiger partial charge in [-0.2, -0.15) is 0 Å². The number of H-pyrrole nitrogens is 1. The van der Waals surface area contributed by atoms with Crippen LogP contribution in [0.4, 0.5) is 0 Å². The summed E-state index contributed by atoms with van der Waals surface area (Å²) < 4.78 is 0. The molecule has 3 aromatic rings. The molecule has 0 amide bonds. The Morgan fingerprint density at radius 3 is 2.92 bits per heavy atom. The Bertz CT molecular complexity index is 948. The van der Waals surface area contributed by atoms with Gasteiger partial charge < -0.3 is 4.98 Å². The van der Waals surface area contributed by atoms with E-state index in [1.165, 1.54) is 23.3 Å². The predicted molar refractivity (Wildman–Crippen MR) is 103 cm³/mol. The van der Waals surface area contributed by atoms with Crippen molar-refractivity contribution in [3.8, 4) is 0 Å². The van der Waals surface area contributed by atoms with Gasteiger partial charge in [-0.25, -0.2) is 4.98 Å². The molecule has 0 radical (unpaired) electrons. The molecule has 0 aliphatic heterocycles. The molecule has 0 fully saturated rings. The fourth-order valence-corrected chi connectivity index (χ4v) is 5.62. The summed E-state index contributed by atoms with van der Waals surface area (Å²) in [6.07, 6.45) is 4.50. The number of halogens is 1. The van der Waals surface area contributed by atoms with E-state index in [1.807, 2.05) is 24.3 Å². The van der Waals surface area contributed by atoms with Crippen molar-refractivity contribution >= 4 is 44.9 Å². The summed E-state index contributed by atoms with van der Waals surface area (Å²) in [5.74, 6) is 2.24. The van der Waals surface area contributed by atoms with E-state index < -0.39 is 0 Å². The second kappa shape index (κ2) is 6.90. The SMILES string of the molecule is O=c1[nH]c(CSCc2ccccc2Cl)nc2sc3c(c12)CCCC3. The van der Waals surface area contributed by atoms with E-state index in [-0.39, 0.29) is 5.56 Å². The van der Waals surface area contributed by atoms with Gasteiger partial charge in [0, 0.05) is 15.7 Å². The second-order valence-electron chi connectivity index (χ2n) is 5.99. The molecule has 1 aliphatic carbocycles. The highest BCUT2D eigenvalue weighted by Gasteiger charge is 2.19. The number of nitrogens with one attached hydrogen (secondary N) is 1. The van der Waals surface area contributed by atoms with Gasteiger partial charge in [-0.1, -0.05) is 29.8 Å². The molecule has 2 heterocycles. The summed E-state index contributed by atoms with van der Waals surface area (Å²) in [6, 6.07) is 7.86. The maximum Gasteiger partial charge on any atom is 0.259 e. The van der Waals surface area contributed by atoms with Gasteiger partial charge in [0.25, 0.3) is 5.56 Å². The van der Waals surface area contributed by atoms with Gasteiger partial charge in [0.15, 0.2) is 0 Å². The van der Waals surface area contributed by atoms with Gasteiger partial charge in [-0.3, -0.25) is 4.79 Å². The average Bonchev–Trinajstić information content (AvgIpc) is 2.95. The molecule has 1 aliphatic rings. The molecule has 1 N–H and O–H groups in total. The van der Waals surface area contributed by atoms with Gasteiger partial charge in [0.05, 0.1) is 11.1 Å². The topological polar surface area (TPSA) is 45.8 Å². The van der Waals surface area contributed by atoms with Crippen LogP contribution in [0.15, 0.2) is 29.1 Å². The summed E-state index contributed by atoms with van der Waals surface area (Å²) in [4.78, 5) is 22.4. The van der Waals surface area contributed by atoms with E-state index in [0.717, 1.165) is 45.2 Å². The number of aromatic amines is 1. The van der Waals surface area contributed by atoms with Crippen LogP contribution in [0.3, 0.4) is 0 Å². The zero-order chi connectivity index (χ0) is 16.5. The molecular weight excluding hydrogens is 360 g/mol. The number of hydrogen-bond donors (Lipinski definition) is 1. The van der Waals surface area contributed by atoms with Crippen LogP contribution in [0.25, 0.3) is 10.2 Å². The molecular formula is C18H17ClN2OS2. The van der Waals surface area contributed by atoms with Crippen molar-refractivity contribution in [2.45, 2.75) is 37.2 Å². The molecule has 124 valence electrons. The summed E-state index contributed by atoms with van der Waals surface area (Å²) in [5.41, 5.74) is 2.37. The number of thiophene rings is 1. The highest BCUT2D eigenvalue weighted by Crippen LogP contribution is 2.33. The van der Waals surface area contributed by atoms with Gasteiger partial charge in [0.1, 0.15) is 10.7 Å². The molecule has 4 rings (SSSR count). The fraction of sp³-hybridized carbons (Fsp3) is 0.333. The molecule has 0 unspecified atom stereocenters. The summed E-state index contributed by atoms with van der Waals surface area (Å²) >= 11 is 9.59. The number of rotatable bonds is 4. The lowest BCUT2D eigenvalue weighted by atomic mass is 9.97. The summed E-state index contributed by atoms with van der Waals surface area (Å²) in [7, 11) is 0. The number of benzene rings is 1. The lowest BCUT2D eigenvalue weighted by Crippen LogP contribution is -2.12. The van der Waals surface area contributed by atoms with Crippen molar-refractivity contribution < 1.29 is 0 Å². The molecule has 2 aromatic heterocycles. The Labute approximate surface area is 153 Å². The molecule has 0 bridgehead atoms. The number of aromatic nitrogens is 2. The minimum Gasteiger partial charge on any atom is -0.309 e. The van der Waals surface area contributed by atoms with Gasteiger partial charge in [-0.15, -0.1) is 23.1 Å². The lowest BCUT2D eigenvalue weighted by molar-refractivity contribution is 0.700. The third kappa shape index (κ3) is 3.13. The number of nitrogens with zero attached hydrogens (tertiary/aromatic N) is 1. The van der Waals surface area contributed by atoms with Crippen LogP contribution in [-0.2, 0) is 24.3 Å². The first kappa shape index (κ1) is 16.2. The standard InChI is InChI=1S/C18H17ClN2OS2/c19-13-7-3-1-5-11(13)9-23-10-15-20-17(22)16-12-6-2-4-8-14(12)24-18(16)21-15/h1,3,5,7H,2,4,6,8-10H2,(H,20,21,22). The van der Waals surface area contributed by atoms with Crippen LogP contribution in [0.1, 0.15) is 34.7 Å². The van der Waals surface area contributed by atoms with Crippen LogP contribution in [0.5, 0.6) is 0 Å². The molecule has 3 nitrogen and oxygen atoms in total. The summed E-state index contributed by atoms with van der Waals surface area (Å²) in [6.45, 7) is 0. The van der Waals surface area contributed by atoms with E-state index in [0.29, 0.717) is 5.75 Å². The zero-order valence-corrected chi connectivity index (χ0v) is 15.5. The van der Waals surface area contributed by atoms with Crippen LogP contribution >= 0.6 is 34.7 Å². The third-order valence-corrected chi connectivity index (χ3v) is 6.88. The first-order chi connectivity index (χ1) is 11.7. The molecule has 0 atom stereocenters. The predicted octanol–water partition coefficient (Wildman–Crippen LogP) is 4.95. The average molecular weight is 377 g/mol. The first-order valence-electron chi connectivity index (χ1n) is 8.07. The Hall–Kier alpha value is -1.30. The van der Waals surface area contributed by atoms with Gasteiger partial charge in [0.2, 0.25) is 0 Å². The van der Waals surface area contributed by atoms with E-state index in [1.54, 1.807) is 23.1 Å². The molecule has 1 aromatic carbocycles. The number of fused-ring (bicyclic) bond motifs is 3. The van der Waals surface area contributed by atoms with Crippen molar-refractivity contribution in [2.24, 2.45) is 0 Å². The van der Waals surface area contributed by atoms with Crippen LogP contribution < -0.4 is 5.56 Å². The maximum absolute atomic E-state index is 12.5. The molecule has 0 saturated heterocycles. The quantitative estimate of drug-likeness (QED) is 0.700. The molecule has 0 saturated carbocycles. The largest absolute Gasteiger partial charge is 0.309 e. The van der Waals surface area contributed by atoms with Crippen LogP contribution in [0, 0.1) is 0 Å². The van der Waals surface area contributed by atoms with Gasteiger partial charge in [-0.05, 0) is 42.9 Å². The lowest BCUT2D eigenvalue weighted by Gasteiger charge is -2.09. The molecule has 24 heavy (non-hydrogen) atoms. The normalized spacial score (nSPS) is 14.0. The van der Waals surface area contributed by atoms with Crippen molar-refractivity contribution in [2.75, 3.05) is 0 Å². The maximum atomic E-state index is 12.5. The summed E-state index contributed by atoms with van der Waals surface area (Å²) in [5, 5.41) is 1.61. The van der Waals surface area contributed by atoms with Crippen molar-refractivity contribution in [1.29, 1.82) is 0 Å². The number of aryl methyl sites for hydroxylation is 2. The fourth-order valence-electron chi connectivity index (χ4n) is 3.15.